The summed E-state index contributed by atoms with van der Waals surface area (Å²) in [5, 5.41) is 10.8. The lowest BCUT2D eigenvalue weighted by atomic mass is 10.2. The molecule has 0 fully saturated rings. The van der Waals surface area contributed by atoms with Crippen LogP contribution in [0.2, 0.25) is 0 Å². The number of rotatable bonds is 6. The second-order valence-corrected chi connectivity index (χ2v) is 4.31. The Kier molecular flexibility index (Phi) is 5.52. The minimum absolute atomic E-state index is 0.0237. The van der Waals surface area contributed by atoms with Crippen molar-refractivity contribution < 1.29 is 19.5 Å². The number of nitrogens with one attached hydrogen (secondary N) is 1. The van der Waals surface area contributed by atoms with Crippen molar-refractivity contribution in [2.75, 3.05) is 18.0 Å². The quantitative estimate of drug-likeness (QED) is 0.700. The van der Waals surface area contributed by atoms with Gasteiger partial charge in [0, 0.05) is 18.7 Å². The van der Waals surface area contributed by atoms with E-state index in [4.69, 9.17) is 10.8 Å². The molecule has 1 rings (SSSR count). The molecule has 0 aliphatic heterocycles. The molecule has 0 unspecified atom stereocenters. The average molecular weight is 279 g/mol. The molecule has 0 bridgehead atoms. The summed E-state index contributed by atoms with van der Waals surface area (Å²) < 4.78 is 0. The third kappa shape index (κ3) is 5.38. The van der Waals surface area contributed by atoms with Crippen LogP contribution in [0.15, 0.2) is 24.3 Å². The lowest BCUT2D eigenvalue weighted by Gasteiger charge is -2.22. The zero-order chi connectivity index (χ0) is 15.1. The number of nitrogens with zero attached hydrogens (tertiary/aromatic N) is 1. The van der Waals surface area contributed by atoms with Gasteiger partial charge in [-0.3, -0.25) is 14.9 Å². The van der Waals surface area contributed by atoms with Gasteiger partial charge in [-0.25, -0.2) is 4.79 Å². The number of carbonyl (C=O) groups is 3. The van der Waals surface area contributed by atoms with Crippen molar-refractivity contribution in [1.29, 1.82) is 0 Å². The Morgan fingerprint density at radius 1 is 1.25 bits per heavy atom. The monoisotopic (exact) mass is 279 g/mol. The number of imide groups is 1. The highest BCUT2D eigenvalue weighted by molar-refractivity contribution is 5.93. The van der Waals surface area contributed by atoms with Gasteiger partial charge in [0.1, 0.15) is 6.54 Å². The fourth-order valence-electron chi connectivity index (χ4n) is 1.65. The number of hydrogen-bond donors (Lipinski definition) is 3. The molecule has 7 nitrogen and oxygen atoms in total. The summed E-state index contributed by atoms with van der Waals surface area (Å²) in [7, 11) is 0. The first-order valence-electron chi connectivity index (χ1n) is 6.01. The molecule has 20 heavy (non-hydrogen) atoms. The van der Waals surface area contributed by atoms with Crippen LogP contribution in [-0.2, 0) is 9.59 Å². The van der Waals surface area contributed by atoms with Crippen molar-refractivity contribution in [2.45, 2.75) is 13.3 Å². The highest BCUT2D eigenvalue weighted by Crippen LogP contribution is 2.15. The summed E-state index contributed by atoms with van der Waals surface area (Å²) in [5.74, 6) is -1.54. The molecule has 4 N–H and O–H groups in total. The summed E-state index contributed by atoms with van der Waals surface area (Å²) in [4.78, 5) is 34.3. The van der Waals surface area contributed by atoms with Crippen LogP contribution in [0.1, 0.15) is 12.0 Å². The van der Waals surface area contributed by atoms with Gasteiger partial charge in [0.05, 0.1) is 0 Å². The number of benzene rings is 1. The summed E-state index contributed by atoms with van der Waals surface area (Å²) in [5.41, 5.74) is 6.58. The van der Waals surface area contributed by atoms with Gasteiger partial charge in [-0.05, 0) is 19.1 Å². The number of amides is 3. The number of carbonyl (C=O) groups excluding carboxylic acids is 2. The van der Waals surface area contributed by atoms with Crippen LogP contribution < -0.4 is 16.0 Å². The van der Waals surface area contributed by atoms with E-state index in [1.54, 1.807) is 17.0 Å². The van der Waals surface area contributed by atoms with Crippen LogP contribution in [0.25, 0.3) is 0 Å². The lowest BCUT2D eigenvalue weighted by molar-refractivity contribution is -0.135. The van der Waals surface area contributed by atoms with Crippen molar-refractivity contribution >= 4 is 23.6 Å². The molecule has 1 aromatic rings. The van der Waals surface area contributed by atoms with E-state index >= 15 is 0 Å². The standard InChI is InChI=1S/C13H17N3O4/c1-9-2-4-10(5-3-9)16(8-12(18)19)7-6-11(17)15-13(14)20/h2-5H,6-8H2,1H3,(H,18,19)(H3,14,15,17,20). The van der Waals surface area contributed by atoms with Gasteiger partial charge >= 0.3 is 12.0 Å². The maximum Gasteiger partial charge on any atom is 0.323 e. The maximum absolute atomic E-state index is 11.3. The summed E-state index contributed by atoms with van der Waals surface area (Å²) in [6.45, 7) is 1.87. The SMILES string of the molecule is Cc1ccc(N(CCC(=O)NC(N)=O)CC(=O)O)cc1. The normalized spacial score (nSPS) is 9.85. The van der Waals surface area contributed by atoms with E-state index in [-0.39, 0.29) is 19.5 Å². The highest BCUT2D eigenvalue weighted by atomic mass is 16.4. The van der Waals surface area contributed by atoms with Crippen LogP contribution in [0, 0.1) is 6.92 Å². The number of aliphatic carboxylic acids is 1. The molecule has 0 aromatic heterocycles. The van der Waals surface area contributed by atoms with Crippen LogP contribution in [0.4, 0.5) is 10.5 Å². The molecular weight excluding hydrogens is 262 g/mol. The van der Waals surface area contributed by atoms with Crippen LogP contribution >= 0.6 is 0 Å². The molecule has 0 saturated heterocycles. The Labute approximate surface area is 116 Å². The van der Waals surface area contributed by atoms with Gasteiger partial charge in [0.2, 0.25) is 5.91 Å². The second-order valence-electron chi connectivity index (χ2n) is 4.31. The Morgan fingerprint density at radius 3 is 2.35 bits per heavy atom. The second kappa shape index (κ2) is 7.13. The van der Waals surface area contributed by atoms with Crippen molar-refractivity contribution in [3.63, 3.8) is 0 Å². The first-order chi connectivity index (χ1) is 9.38. The van der Waals surface area contributed by atoms with Gasteiger partial charge < -0.3 is 15.7 Å². The van der Waals surface area contributed by atoms with Crippen molar-refractivity contribution in [2.24, 2.45) is 5.73 Å². The maximum atomic E-state index is 11.3. The van der Waals surface area contributed by atoms with Crippen LogP contribution in [0.3, 0.4) is 0 Å². The van der Waals surface area contributed by atoms with E-state index in [1.807, 2.05) is 24.4 Å². The summed E-state index contributed by atoms with van der Waals surface area (Å²) in [6.07, 6.45) is -0.0237. The largest absolute Gasteiger partial charge is 0.480 e. The predicted octanol–water partition coefficient (Wildman–Crippen LogP) is 0.471. The Bertz CT molecular complexity index is 499. The number of primary amides is 1. The fraction of sp³-hybridized carbons (Fsp3) is 0.308. The fourth-order valence-corrected chi connectivity index (χ4v) is 1.65. The van der Waals surface area contributed by atoms with Crippen molar-refractivity contribution in [3.8, 4) is 0 Å². The van der Waals surface area contributed by atoms with E-state index in [1.165, 1.54) is 0 Å². The minimum atomic E-state index is -0.999. The third-order valence-electron chi connectivity index (χ3n) is 2.60. The van der Waals surface area contributed by atoms with E-state index < -0.39 is 17.9 Å². The topological polar surface area (TPSA) is 113 Å². The van der Waals surface area contributed by atoms with Crippen molar-refractivity contribution in [3.05, 3.63) is 29.8 Å². The Balaban J connectivity index is 2.69. The van der Waals surface area contributed by atoms with Crippen molar-refractivity contribution in [1.82, 2.24) is 5.32 Å². The molecule has 1 aromatic carbocycles. The Hall–Kier alpha value is -2.57. The molecular formula is C13H17N3O4. The average Bonchev–Trinajstić information content (AvgIpc) is 2.34. The first kappa shape index (κ1) is 15.5. The summed E-state index contributed by atoms with van der Waals surface area (Å²) >= 11 is 0. The predicted molar refractivity (Wildman–Crippen MR) is 73.4 cm³/mol. The van der Waals surface area contributed by atoms with E-state index in [2.05, 4.69) is 0 Å². The molecule has 0 aliphatic carbocycles. The summed E-state index contributed by atoms with van der Waals surface area (Å²) in [6, 6.07) is 6.35. The number of hydrogen-bond acceptors (Lipinski definition) is 4. The zero-order valence-electron chi connectivity index (χ0n) is 11.1. The third-order valence-corrected chi connectivity index (χ3v) is 2.60. The van der Waals surface area contributed by atoms with Crippen LogP contribution in [-0.4, -0.2) is 36.1 Å². The smallest absolute Gasteiger partial charge is 0.323 e. The number of urea groups is 1. The minimum Gasteiger partial charge on any atom is -0.480 e. The molecule has 0 heterocycles. The molecule has 3 amide bonds. The molecule has 7 heteroatoms. The number of carboxylic acids is 1. The number of anilines is 1. The van der Waals surface area contributed by atoms with Gasteiger partial charge in [0.25, 0.3) is 0 Å². The van der Waals surface area contributed by atoms with E-state index in [0.29, 0.717) is 5.69 Å². The molecule has 0 spiro atoms. The molecule has 0 aliphatic rings. The van der Waals surface area contributed by atoms with E-state index in [0.717, 1.165) is 5.56 Å². The zero-order valence-corrected chi connectivity index (χ0v) is 11.1. The molecule has 0 saturated carbocycles. The number of carboxylic acid groups (broad SMARTS) is 1. The highest BCUT2D eigenvalue weighted by Gasteiger charge is 2.13. The van der Waals surface area contributed by atoms with E-state index in [9.17, 15) is 14.4 Å². The lowest BCUT2D eigenvalue weighted by Crippen LogP contribution is -2.38. The number of aryl methyl sites for hydroxylation is 1. The van der Waals surface area contributed by atoms with Gasteiger partial charge in [-0.1, -0.05) is 17.7 Å². The van der Waals surface area contributed by atoms with Gasteiger partial charge in [-0.15, -0.1) is 0 Å². The number of nitrogens with two attached hydrogens (primary N) is 1. The molecule has 0 radical (unpaired) electrons. The Morgan fingerprint density at radius 2 is 1.85 bits per heavy atom. The molecule has 108 valence electrons. The van der Waals surface area contributed by atoms with Gasteiger partial charge in [0.15, 0.2) is 0 Å². The van der Waals surface area contributed by atoms with Gasteiger partial charge in [-0.2, -0.15) is 0 Å². The van der Waals surface area contributed by atoms with Crippen LogP contribution in [0.5, 0.6) is 0 Å². The first-order valence-corrected chi connectivity index (χ1v) is 6.01. The molecule has 0 atom stereocenters.